The van der Waals surface area contributed by atoms with Crippen LogP contribution in [0.25, 0.3) is 0 Å². The summed E-state index contributed by atoms with van der Waals surface area (Å²) in [5, 5.41) is 5.26. The van der Waals surface area contributed by atoms with E-state index in [0.717, 1.165) is 0 Å². The van der Waals surface area contributed by atoms with Crippen LogP contribution in [0.1, 0.15) is 28.9 Å². The predicted octanol–water partition coefficient (Wildman–Crippen LogP) is 3.76. The Balaban J connectivity index is 1.70. The van der Waals surface area contributed by atoms with Gasteiger partial charge in [-0.2, -0.15) is 0 Å². The van der Waals surface area contributed by atoms with E-state index in [-0.39, 0.29) is 5.56 Å². The first-order valence-electron chi connectivity index (χ1n) is 11.2. The second-order valence-electron chi connectivity index (χ2n) is 7.45. The van der Waals surface area contributed by atoms with Crippen LogP contribution in [-0.2, 0) is 14.3 Å². The Bertz CT molecular complexity index is 1200. The van der Waals surface area contributed by atoms with Gasteiger partial charge >= 0.3 is 5.97 Å². The zero-order chi connectivity index (χ0) is 25.9. The van der Waals surface area contributed by atoms with Crippen molar-refractivity contribution < 1.29 is 33.3 Å². The van der Waals surface area contributed by atoms with Crippen LogP contribution in [0.5, 0.6) is 17.2 Å². The van der Waals surface area contributed by atoms with Gasteiger partial charge in [0.1, 0.15) is 12.3 Å². The molecule has 0 saturated carbocycles. The summed E-state index contributed by atoms with van der Waals surface area (Å²) < 4.78 is 21.4. The summed E-state index contributed by atoms with van der Waals surface area (Å²) in [5.41, 5.74) is 1.19. The summed E-state index contributed by atoms with van der Waals surface area (Å²) in [6.45, 7) is 1.81. The fourth-order valence-corrected chi connectivity index (χ4v) is 3.36. The molecule has 0 aromatic heterocycles. The lowest BCUT2D eigenvalue weighted by Gasteiger charge is -2.19. The molecule has 0 saturated heterocycles. The predicted molar refractivity (Wildman–Crippen MR) is 133 cm³/mol. The number of nitrogens with one attached hydrogen (secondary N) is 2. The molecule has 2 N–H and O–H groups in total. The number of esters is 1. The van der Waals surface area contributed by atoms with Gasteiger partial charge in [-0.25, -0.2) is 0 Å². The molecule has 188 valence electrons. The molecule has 9 nitrogen and oxygen atoms in total. The molecule has 0 aliphatic heterocycles. The number of rotatable bonds is 11. The highest BCUT2D eigenvalue weighted by atomic mass is 16.5. The number of ether oxygens (including phenoxy) is 4. The van der Waals surface area contributed by atoms with E-state index in [1.807, 2.05) is 6.92 Å². The van der Waals surface area contributed by atoms with E-state index in [1.165, 1.54) is 26.4 Å². The molecule has 0 unspecified atom stereocenters. The number of carbonyl (C=O) groups excluding carboxylic acids is 3. The first kappa shape index (κ1) is 26.1. The van der Waals surface area contributed by atoms with Gasteiger partial charge in [0.2, 0.25) is 6.10 Å². The van der Waals surface area contributed by atoms with Gasteiger partial charge in [-0.1, -0.05) is 42.5 Å². The fraction of sp³-hybridized carbons (Fsp3) is 0.222. The molecule has 0 heterocycles. The van der Waals surface area contributed by atoms with Crippen molar-refractivity contribution in [2.45, 2.75) is 13.0 Å². The number of benzene rings is 3. The third-order valence-corrected chi connectivity index (χ3v) is 5.07. The largest absolute Gasteiger partial charge is 0.493 e. The van der Waals surface area contributed by atoms with Crippen molar-refractivity contribution in [1.82, 2.24) is 5.32 Å². The van der Waals surface area contributed by atoms with Crippen molar-refractivity contribution in [3.63, 3.8) is 0 Å². The molecule has 0 spiro atoms. The van der Waals surface area contributed by atoms with Gasteiger partial charge in [0.25, 0.3) is 11.8 Å². The van der Waals surface area contributed by atoms with E-state index in [1.54, 1.807) is 60.7 Å². The number of carbonyl (C=O) groups is 3. The van der Waals surface area contributed by atoms with E-state index in [9.17, 15) is 14.4 Å². The minimum absolute atomic E-state index is 0.269. The molecule has 3 aromatic carbocycles. The van der Waals surface area contributed by atoms with Crippen molar-refractivity contribution in [3.8, 4) is 17.2 Å². The second kappa shape index (κ2) is 12.8. The van der Waals surface area contributed by atoms with Crippen LogP contribution >= 0.6 is 0 Å². The van der Waals surface area contributed by atoms with Crippen LogP contribution in [0.2, 0.25) is 0 Å². The van der Waals surface area contributed by atoms with E-state index in [0.29, 0.717) is 35.1 Å². The molecule has 0 fully saturated rings. The first-order chi connectivity index (χ1) is 17.5. The molecule has 9 heteroatoms. The van der Waals surface area contributed by atoms with Crippen LogP contribution in [0.4, 0.5) is 5.69 Å². The van der Waals surface area contributed by atoms with E-state index in [4.69, 9.17) is 18.9 Å². The van der Waals surface area contributed by atoms with E-state index in [2.05, 4.69) is 10.6 Å². The lowest BCUT2D eigenvalue weighted by atomic mass is 10.1. The highest BCUT2D eigenvalue weighted by Gasteiger charge is 2.26. The van der Waals surface area contributed by atoms with Crippen LogP contribution in [0.3, 0.4) is 0 Å². The van der Waals surface area contributed by atoms with E-state index >= 15 is 0 Å². The fourth-order valence-electron chi connectivity index (χ4n) is 3.36. The number of hydrogen-bond donors (Lipinski definition) is 2. The summed E-state index contributed by atoms with van der Waals surface area (Å²) >= 11 is 0. The summed E-state index contributed by atoms with van der Waals surface area (Å²) in [6.07, 6.45) is -1.24. The normalized spacial score (nSPS) is 11.1. The number of amides is 2. The molecule has 0 aliphatic carbocycles. The van der Waals surface area contributed by atoms with Crippen molar-refractivity contribution in [1.29, 1.82) is 0 Å². The van der Waals surface area contributed by atoms with Gasteiger partial charge < -0.3 is 29.6 Å². The monoisotopic (exact) mass is 492 g/mol. The topological polar surface area (TPSA) is 112 Å². The van der Waals surface area contributed by atoms with Crippen LogP contribution in [0, 0.1) is 0 Å². The quantitative estimate of drug-likeness (QED) is 0.392. The Labute approximate surface area is 209 Å². The Morgan fingerprint density at radius 3 is 2.22 bits per heavy atom. The lowest BCUT2D eigenvalue weighted by molar-refractivity contribution is -0.153. The van der Waals surface area contributed by atoms with Crippen molar-refractivity contribution in [3.05, 3.63) is 83.9 Å². The molecule has 0 radical (unpaired) electrons. The lowest BCUT2D eigenvalue weighted by Crippen LogP contribution is -2.33. The maximum absolute atomic E-state index is 13.1. The molecule has 3 rings (SSSR count). The number of hydrogen-bond acceptors (Lipinski definition) is 7. The minimum atomic E-state index is -1.24. The first-order valence-corrected chi connectivity index (χ1v) is 11.2. The Morgan fingerprint density at radius 2 is 1.53 bits per heavy atom. The number of para-hydroxylation sites is 2. The van der Waals surface area contributed by atoms with Crippen molar-refractivity contribution in [2.75, 3.05) is 32.7 Å². The molecule has 1 atom stereocenters. The van der Waals surface area contributed by atoms with Crippen LogP contribution < -0.4 is 24.8 Å². The summed E-state index contributed by atoms with van der Waals surface area (Å²) in [5.74, 6) is -0.524. The van der Waals surface area contributed by atoms with E-state index < -0.39 is 30.4 Å². The van der Waals surface area contributed by atoms with Gasteiger partial charge in [-0.05, 0) is 37.3 Å². The maximum atomic E-state index is 13.1. The number of anilines is 1. The van der Waals surface area contributed by atoms with Crippen LogP contribution in [0.15, 0.2) is 72.8 Å². The van der Waals surface area contributed by atoms with Gasteiger partial charge in [-0.15, -0.1) is 0 Å². The third-order valence-electron chi connectivity index (χ3n) is 5.07. The summed E-state index contributed by atoms with van der Waals surface area (Å²) in [6, 6.07) is 20.2. The molecular formula is C27H28N2O7. The molecule has 3 aromatic rings. The molecule has 0 aliphatic rings. The summed E-state index contributed by atoms with van der Waals surface area (Å²) in [7, 11) is 2.95. The van der Waals surface area contributed by atoms with Crippen molar-refractivity contribution in [2.24, 2.45) is 0 Å². The van der Waals surface area contributed by atoms with Gasteiger partial charge in [-0.3, -0.25) is 14.4 Å². The average molecular weight is 493 g/mol. The standard InChI is InChI=1S/C27H28N2O7/c1-4-35-21-13-9-8-12-20(21)29-27(32)25(18-10-6-5-7-11-18)36-24(30)17-28-26(31)19-14-15-22(33-2)23(16-19)34-3/h5-16,25H,4,17H2,1-3H3,(H,28,31)(H,29,32)/t25-/m1/s1. The van der Waals surface area contributed by atoms with Crippen LogP contribution in [-0.4, -0.2) is 45.2 Å². The zero-order valence-corrected chi connectivity index (χ0v) is 20.3. The minimum Gasteiger partial charge on any atom is -0.493 e. The molecule has 36 heavy (non-hydrogen) atoms. The van der Waals surface area contributed by atoms with Gasteiger partial charge in [0, 0.05) is 11.1 Å². The van der Waals surface area contributed by atoms with Gasteiger partial charge in [0.15, 0.2) is 11.5 Å². The third kappa shape index (κ3) is 6.75. The molecular weight excluding hydrogens is 464 g/mol. The second-order valence-corrected chi connectivity index (χ2v) is 7.45. The Morgan fingerprint density at radius 1 is 0.833 bits per heavy atom. The Hall–Kier alpha value is -4.53. The SMILES string of the molecule is CCOc1ccccc1NC(=O)[C@H](OC(=O)CNC(=O)c1ccc(OC)c(OC)c1)c1ccccc1. The smallest absolute Gasteiger partial charge is 0.326 e. The van der Waals surface area contributed by atoms with Gasteiger partial charge in [0.05, 0.1) is 26.5 Å². The molecule has 2 amide bonds. The average Bonchev–Trinajstić information content (AvgIpc) is 2.91. The highest BCUT2D eigenvalue weighted by molar-refractivity contribution is 5.98. The Kier molecular flexibility index (Phi) is 9.27. The zero-order valence-electron chi connectivity index (χ0n) is 20.3. The molecule has 0 bridgehead atoms. The summed E-state index contributed by atoms with van der Waals surface area (Å²) in [4.78, 5) is 38.3. The number of methoxy groups -OCH3 is 2. The van der Waals surface area contributed by atoms with Crippen molar-refractivity contribution >= 4 is 23.5 Å². The maximum Gasteiger partial charge on any atom is 0.326 e. The highest BCUT2D eigenvalue weighted by Crippen LogP contribution is 2.28.